The number of hydrogen-bond acceptors (Lipinski definition) is 1. The van der Waals surface area contributed by atoms with Crippen LogP contribution in [-0.2, 0) is 0 Å². The smallest absolute Gasteiger partial charge is 0.194 e. The molecule has 0 atom stereocenters. The van der Waals surface area contributed by atoms with Gasteiger partial charge in [-0.25, -0.2) is 0 Å². The summed E-state index contributed by atoms with van der Waals surface area (Å²) < 4.78 is 0. The molecule has 2 aliphatic rings. The molecule has 1 nitrogen and oxygen atoms in total. The maximum Gasteiger partial charge on any atom is 0.194 e. The van der Waals surface area contributed by atoms with E-state index in [0.717, 1.165) is 28.7 Å². The fraction of sp³-hybridized carbons (Fsp3) is 0.194. The van der Waals surface area contributed by atoms with Crippen LogP contribution in [0.15, 0.2) is 88.7 Å². The van der Waals surface area contributed by atoms with Gasteiger partial charge in [0.15, 0.2) is 5.78 Å². The molecule has 0 bridgehead atoms. The first-order chi connectivity index (χ1) is 16.0. The second-order valence-corrected chi connectivity index (χ2v) is 12.4. The highest BCUT2D eigenvalue weighted by Crippen LogP contribution is 2.68. The lowest BCUT2D eigenvalue weighted by Gasteiger charge is -2.30. The summed E-state index contributed by atoms with van der Waals surface area (Å²) in [5, 5.41) is 2.54. The SMILES string of the molecule is CC.CC/C=C1/c2ccccc2C(=O)c2cc3c(cc21)S(C)(C)c1cc2ccccc2cc1-3. The minimum atomic E-state index is -1.16. The van der Waals surface area contributed by atoms with E-state index in [-0.39, 0.29) is 5.78 Å². The fourth-order valence-corrected chi connectivity index (χ4v) is 7.73. The number of ketones is 1. The van der Waals surface area contributed by atoms with E-state index in [0.29, 0.717) is 0 Å². The zero-order valence-corrected chi connectivity index (χ0v) is 20.8. The zero-order chi connectivity index (χ0) is 23.3. The third-order valence-corrected chi connectivity index (χ3v) is 9.64. The Morgan fingerprint density at radius 1 is 0.667 bits per heavy atom. The molecule has 0 radical (unpaired) electrons. The van der Waals surface area contributed by atoms with Crippen molar-refractivity contribution in [3.63, 3.8) is 0 Å². The Kier molecular flexibility index (Phi) is 5.29. The molecule has 0 amide bonds. The highest BCUT2D eigenvalue weighted by molar-refractivity contribution is 8.33. The highest BCUT2D eigenvalue weighted by atomic mass is 32.3. The maximum absolute atomic E-state index is 13.5. The van der Waals surface area contributed by atoms with Crippen LogP contribution in [0.3, 0.4) is 0 Å². The van der Waals surface area contributed by atoms with Crippen molar-refractivity contribution < 1.29 is 4.79 Å². The predicted octanol–water partition coefficient (Wildman–Crippen LogP) is 8.71. The Balaban J connectivity index is 0.00000111. The summed E-state index contributed by atoms with van der Waals surface area (Å²) >= 11 is 0. The molecule has 0 saturated carbocycles. The van der Waals surface area contributed by atoms with Gasteiger partial charge in [0.1, 0.15) is 0 Å². The van der Waals surface area contributed by atoms with E-state index in [2.05, 4.69) is 80.1 Å². The molecular formula is C31H30OS. The van der Waals surface area contributed by atoms with Gasteiger partial charge in [0, 0.05) is 20.9 Å². The number of fused-ring (bicyclic) bond motifs is 6. The highest BCUT2D eigenvalue weighted by Gasteiger charge is 2.36. The molecule has 4 aromatic rings. The van der Waals surface area contributed by atoms with E-state index >= 15 is 0 Å². The average Bonchev–Trinajstić information content (AvgIpc) is 3.06. The molecule has 0 N–H and O–H groups in total. The van der Waals surface area contributed by atoms with Crippen molar-refractivity contribution in [2.75, 3.05) is 12.5 Å². The summed E-state index contributed by atoms with van der Waals surface area (Å²) in [6.45, 7) is 6.16. The lowest BCUT2D eigenvalue weighted by molar-refractivity contribution is 0.103. The lowest BCUT2D eigenvalue weighted by Crippen LogP contribution is -2.15. The van der Waals surface area contributed by atoms with Gasteiger partial charge in [-0.1, -0.05) is 75.4 Å². The Hall–Kier alpha value is -3.10. The van der Waals surface area contributed by atoms with Crippen molar-refractivity contribution in [1.29, 1.82) is 0 Å². The van der Waals surface area contributed by atoms with Crippen LogP contribution in [0, 0.1) is 0 Å². The number of allylic oxidation sites excluding steroid dienone is 1. The molecule has 0 aromatic heterocycles. The number of hydrogen-bond donors (Lipinski definition) is 0. The first-order valence-electron chi connectivity index (χ1n) is 11.8. The monoisotopic (exact) mass is 450 g/mol. The number of carbonyl (C=O) groups is 1. The van der Waals surface area contributed by atoms with E-state index in [1.54, 1.807) is 0 Å². The molecule has 6 rings (SSSR count). The summed E-state index contributed by atoms with van der Waals surface area (Å²) in [5.41, 5.74) is 7.56. The molecule has 0 unspecified atom stereocenters. The first kappa shape index (κ1) is 21.7. The largest absolute Gasteiger partial charge is 0.289 e. The number of carbonyl (C=O) groups excluding carboxylic acids is 1. The van der Waals surface area contributed by atoms with Gasteiger partial charge in [0.25, 0.3) is 0 Å². The minimum absolute atomic E-state index is 0.142. The molecule has 1 aliphatic carbocycles. The average molecular weight is 451 g/mol. The molecule has 1 aliphatic heterocycles. The van der Waals surface area contributed by atoms with E-state index in [1.807, 2.05) is 32.0 Å². The summed E-state index contributed by atoms with van der Waals surface area (Å²) in [5.74, 6) is 0.142. The Bertz CT molecular complexity index is 1460. The van der Waals surface area contributed by atoms with E-state index in [1.165, 1.54) is 37.3 Å². The van der Waals surface area contributed by atoms with Crippen LogP contribution in [0.1, 0.15) is 54.2 Å². The van der Waals surface area contributed by atoms with Crippen molar-refractivity contribution in [3.05, 3.63) is 101 Å². The third-order valence-electron chi connectivity index (χ3n) is 6.76. The van der Waals surface area contributed by atoms with Gasteiger partial charge >= 0.3 is 0 Å². The molecule has 33 heavy (non-hydrogen) atoms. The molecule has 166 valence electrons. The van der Waals surface area contributed by atoms with Gasteiger partial charge in [-0.2, -0.15) is 10.0 Å². The molecule has 0 spiro atoms. The normalized spacial score (nSPS) is 16.9. The van der Waals surface area contributed by atoms with E-state index in [4.69, 9.17) is 0 Å². The van der Waals surface area contributed by atoms with Gasteiger partial charge in [-0.3, -0.25) is 4.79 Å². The van der Waals surface area contributed by atoms with Crippen LogP contribution in [0.5, 0.6) is 0 Å². The zero-order valence-electron chi connectivity index (χ0n) is 20.0. The second kappa shape index (κ2) is 8.04. The van der Waals surface area contributed by atoms with Crippen LogP contribution in [0.2, 0.25) is 0 Å². The van der Waals surface area contributed by atoms with E-state index in [9.17, 15) is 4.79 Å². The summed E-state index contributed by atoms with van der Waals surface area (Å²) in [6.07, 6.45) is 7.99. The van der Waals surface area contributed by atoms with Gasteiger partial charge in [0.05, 0.1) is 0 Å². The van der Waals surface area contributed by atoms with Crippen molar-refractivity contribution in [2.45, 2.75) is 37.0 Å². The minimum Gasteiger partial charge on any atom is -0.289 e. The Labute approximate surface area is 198 Å². The first-order valence-corrected chi connectivity index (χ1v) is 14.2. The van der Waals surface area contributed by atoms with Gasteiger partial charge < -0.3 is 0 Å². The van der Waals surface area contributed by atoms with Gasteiger partial charge in [-0.15, -0.1) is 0 Å². The molecule has 0 fully saturated rings. The third kappa shape index (κ3) is 3.12. The summed E-state index contributed by atoms with van der Waals surface area (Å²) in [7, 11) is -1.16. The quantitative estimate of drug-likeness (QED) is 0.249. The summed E-state index contributed by atoms with van der Waals surface area (Å²) in [6, 6.07) is 25.8. The topological polar surface area (TPSA) is 17.1 Å². The van der Waals surface area contributed by atoms with Crippen molar-refractivity contribution in [1.82, 2.24) is 0 Å². The molecular weight excluding hydrogens is 420 g/mol. The standard InChI is InChI=1S/C29H24OS.C2H6/c1-4-9-20-21-12-7-8-13-22(21)29(30)26-16-25-24-14-18-10-5-6-11-19(18)15-27(24)31(2,3)28(25)17-23(20)26;1-2/h5-17H,4H2,1-3H3;1-2H3/b20-9-;. The lowest BCUT2D eigenvalue weighted by atomic mass is 9.80. The predicted molar refractivity (Wildman–Crippen MR) is 144 cm³/mol. The number of rotatable bonds is 1. The van der Waals surface area contributed by atoms with Gasteiger partial charge in [-0.05, 0) is 81.8 Å². The molecule has 4 aromatic carbocycles. The van der Waals surface area contributed by atoms with Crippen LogP contribution in [0.25, 0.3) is 27.5 Å². The second-order valence-electron chi connectivity index (χ2n) is 8.82. The molecule has 2 heteroatoms. The van der Waals surface area contributed by atoms with Gasteiger partial charge in [0.2, 0.25) is 0 Å². The van der Waals surface area contributed by atoms with Crippen molar-refractivity contribution in [3.8, 4) is 11.1 Å². The Morgan fingerprint density at radius 3 is 1.94 bits per heavy atom. The molecule has 1 heterocycles. The molecule has 0 saturated heterocycles. The van der Waals surface area contributed by atoms with Crippen molar-refractivity contribution >= 4 is 32.2 Å². The van der Waals surface area contributed by atoms with Crippen LogP contribution in [0.4, 0.5) is 0 Å². The van der Waals surface area contributed by atoms with Crippen LogP contribution < -0.4 is 0 Å². The van der Waals surface area contributed by atoms with E-state index < -0.39 is 10.0 Å². The fourth-order valence-electron chi connectivity index (χ4n) is 5.22. The number of benzene rings is 4. The van der Waals surface area contributed by atoms with Crippen molar-refractivity contribution in [2.24, 2.45) is 0 Å². The van der Waals surface area contributed by atoms with Crippen LogP contribution in [-0.4, -0.2) is 18.3 Å². The maximum atomic E-state index is 13.5. The Morgan fingerprint density at radius 2 is 1.24 bits per heavy atom. The summed E-state index contributed by atoms with van der Waals surface area (Å²) in [4.78, 5) is 16.3. The van der Waals surface area contributed by atoms with Crippen LogP contribution >= 0.6 is 10.0 Å².